The van der Waals surface area contributed by atoms with Crippen molar-refractivity contribution in [2.45, 2.75) is 51.4 Å². The Kier molecular flexibility index (Phi) is 6.67. The lowest BCUT2D eigenvalue weighted by molar-refractivity contribution is 0.583. The van der Waals surface area contributed by atoms with Crippen molar-refractivity contribution in [1.29, 1.82) is 0 Å². The van der Waals surface area contributed by atoms with Crippen molar-refractivity contribution in [3.63, 3.8) is 0 Å². The summed E-state index contributed by atoms with van der Waals surface area (Å²) in [6, 6.07) is 5.78. The average molecular weight is 399 g/mol. The van der Waals surface area contributed by atoms with Crippen LogP contribution in [0.1, 0.15) is 67.2 Å². The highest BCUT2D eigenvalue weighted by atomic mass is 32.1. The van der Waals surface area contributed by atoms with Gasteiger partial charge in [0.05, 0.1) is 5.16 Å². The van der Waals surface area contributed by atoms with Gasteiger partial charge < -0.3 is 0 Å². The minimum Gasteiger partial charge on any atom is -0.206 e. The van der Waals surface area contributed by atoms with Crippen LogP contribution < -0.4 is 0 Å². The van der Waals surface area contributed by atoms with Crippen molar-refractivity contribution >= 4 is 23.1 Å². The number of benzene rings is 2. The molecule has 1 saturated carbocycles. The Labute approximate surface area is 168 Å². The number of aryl methyl sites for hydroxylation is 1. The molecule has 0 radical (unpaired) electrons. The van der Waals surface area contributed by atoms with Gasteiger partial charge in [-0.05, 0) is 67.6 Å². The van der Waals surface area contributed by atoms with E-state index in [0.29, 0.717) is 17.5 Å². The number of aliphatic imine (C=N–C) groups is 1. The van der Waals surface area contributed by atoms with Gasteiger partial charge in [0.25, 0.3) is 0 Å². The minimum atomic E-state index is -0.860. The zero-order chi connectivity index (χ0) is 20.1. The van der Waals surface area contributed by atoms with Crippen molar-refractivity contribution in [2.24, 2.45) is 4.99 Å². The molecule has 144 valence electrons. The normalized spacial score (nSPS) is 12.9. The Balaban J connectivity index is 1.93. The van der Waals surface area contributed by atoms with E-state index in [4.69, 9.17) is 0 Å². The molecular weight excluding hydrogens is 379 g/mol. The zero-order valence-corrected chi connectivity index (χ0v) is 16.4. The second-order valence-electron chi connectivity index (χ2n) is 6.97. The highest BCUT2D eigenvalue weighted by Gasteiger charge is 2.30. The average Bonchev–Trinajstić information content (AvgIpc) is 3.49. The molecule has 0 bridgehead atoms. The van der Waals surface area contributed by atoms with E-state index in [1.54, 1.807) is 6.07 Å². The van der Waals surface area contributed by atoms with Crippen LogP contribution >= 0.6 is 12.2 Å². The molecule has 1 fully saturated rings. The Bertz CT molecular complexity index is 970. The van der Waals surface area contributed by atoms with E-state index < -0.39 is 17.3 Å². The number of nitrogens with zero attached hydrogens (tertiary/aromatic N) is 1. The van der Waals surface area contributed by atoms with E-state index in [1.807, 2.05) is 11.2 Å². The van der Waals surface area contributed by atoms with Crippen LogP contribution in [-0.2, 0) is 6.42 Å². The van der Waals surface area contributed by atoms with Crippen LogP contribution in [0.4, 0.5) is 18.9 Å². The number of hydrogen-bond acceptors (Lipinski definition) is 2. The third-order valence-corrected chi connectivity index (χ3v) is 4.90. The molecule has 0 N–H and O–H groups in total. The molecule has 0 atom stereocenters. The van der Waals surface area contributed by atoms with Crippen LogP contribution in [0.15, 0.2) is 29.3 Å². The van der Waals surface area contributed by atoms with Gasteiger partial charge in [-0.2, -0.15) is 4.99 Å². The molecule has 3 rings (SSSR count). The summed E-state index contributed by atoms with van der Waals surface area (Å²) < 4.78 is 42.9. The van der Waals surface area contributed by atoms with Gasteiger partial charge in [0, 0.05) is 16.7 Å². The molecule has 0 unspecified atom stereocenters. The quantitative estimate of drug-likeness (QED) is 0.224. The van der Waals surface area contributed by atoms with Crippen LogP contribution in [-0.4, -0.2) is 5.16 Å². The first-order chi connectivity index (χ1) is 13.5. The first-order valence-electron chi connectivity index (χ1n) is 9.45. The molecule has 0 amide bonds. The lowest BCUT2D eigenvalue weighted by Crippen LogP contribution is -2.00. The Morgan fingerprint density at radius 3 is 2.39 bits per heavy atom. The van der Waals surface area contributed by atoms with Gasteiger partial charge in [-0.3, -0.25) is 0 Å². The largest absolute Gasteiger partial charge is 0.206 e. The van der Waals surface area contributed by atoms with E-state index >= 15 is 4.39 Å². The van der Waals surface area contributed by atoms with Crippen molar-refractivity contribution < 1.29 is 13.2 Å². The fraction of sp³-hybridized carbons (Fsp3) is 0.348. The van der Waals surface area contributed by atoms with Crippen LogP contribution in [0.2, 0.25) is 0 Å². The predicted octanol–water partition coefficient (Wildman–Crippen LogP) is 6.85. The number of isothiocyanates is 1. The van der Waals surface area contributed by atoms with Crippen LogP contribution in [0, 0.1) is 29.3 Å². The van der Waals surface area contributed by atoms with Gasteiger partial charge in [-0.15, -0.1) is 0 Å². The van der Waals surface area contributed by atoms with Crippen molar-refractivity contribution in [3.8, 4) is 11.8 Å². The third kappa shape index (κ3) is 4.70. The molecular formula is C23H20F3NS. The number of thiocarbonyl (C=S) groups is 1. The molecule has 0 aliphatic heterocycles. The molecule has 2 aromatic carbocycles. The molecule has 1 aliphatic carbocycles. The van der Waals surface area contributed by atoms with Gasteiger partial charge in [0.15, 0.2) is 11.6 Å². The lowest BCUT2D eigenvalue weighted by atomic mass is 9.96. The first kappa shape index (κ1) is 20.3. The molecule has 1 aliphatic rings. The minimum absolute atomic E-state index is 0.160. The Morgan fingerprint density at radius 1 is 1.07 bits per heavy atom. The second kappa shape index (κ2) is 9.19. The summed E-state index contributed by atoms with van der Waals surface area (Å²) >= 11 is 4.39. The molecule has 0 heterocycles. The van der Waals surface area contributed by atoms with Gasteiger partial charge in [0.2, 0.25) is 0 Å². The standard InChI is InChI=1S/C23H20F3NS/c1-2-3-4-5-18-11-10-16(21(22(18)26)17-8-9-17)7-6-15-12-19(24)23(27-14-28)20(25)13-15/h10-13,17H,2-5,8-9H2,1H3. The van der Waals surface area contributed by atoms with Gasteiger partial charge >= 0.3 is 0 Å². The van der Waals surface area contributed by atoms with Gasteiger partial charge in [0.1, 0.15) is 11.5 Å². The fourth-order valence-electron chi connectivity index (χ4n) is 3.21. The van der Waals surface area contributed by atoms with E-state index in [1.165, 1.54) is 0 Å². The van der Waals surface area contributed by atoms with Crippen molar-refractivity contribution in [1.82, 2.24) is 0 Å². The van der Waals surface area contributed by atoms with Crippen LogP contribution in [0.25, 0.3) is 0 Å². The summed E-state index contributed by atoms with van der Waals surface area (Å²) in [5.74, 6) is 3.94. The van der Waals surface area contributed by atoms with Gasteiger partial charge in [-0.25, -0.2) is 13.2 Å². The maximum atomic E-state index is 15.0. The summed E-state index contributed by atoms with van der Waals surface area (Å²) in [6.07, 6.45) is 5.71. The Hall–Kier alpha value is -2.41. The second-order valence-corrected chi connectivity index (χ2v) is 7.16. The van der Waals surface area contributed by atoms with E-state index in [0.717, 1.165) is 49.8 Å². The monoisotopic (exact) mass is 399 g/mol. The smallest absolute Gasteiger partial charge is 0.153 e. The van der Waals surface area contributed by atoms with E-state index in [-0.39, 0.29) is 17.3 Å². The summed E-state index contributed by atoms with van der Waals surface area (Å²) in [7, 11) is 0. The maximum Gasteiger partial charge on any atom is 0.153 e. The summed E-state index contributed by atoms with van der Waals surface area (Å²) in [5.41, 5.74) is 1.62. The highest BCUT2D eigenvalue weighted by molar-refractivity contribution is 7.78. The maximum absolute atomic E-state index is 15.0. The Morgan fingerprint density at radius 2 is 1.79 bits per heavy atom. The van der Waals surface area contributed by atoms with Crippen molar-refractivity contribution in [2.75, 3.05) is 0 Å². The topological polar surface area (TPSA) is 12.4 Å². The predicted molar refractivity (Wildman–Crippen MR) is 109 cm³/mol. The zero-order valence-electron chi connectivity index (χ0n) is 15.6. The molecule has 0 saturated heterocycles. The lowest BCUT2D eigenvalue weighted by Gasteiger charge is -2.10. The third-order valence-electron chi connectivity index (χ3n) is 4.81. The van der Waals surface area contributed by atoms with Crippen LogP contribution in [0.3, 0.4) is 0 Å². The number of rotatable bonds is 6. The summed E-state index contributed by atoms with van der Waals surface area (Å²) in [4.78, 5) is 3.38. The summed E-state index contributed by atoms with van der Waals surface area (Å²) in [5, 5.41) is 1.95. The number of hydrogen-bond donors (Lipinski definition) is 0. The molecule has 0 aromatic heterocycles. The molecule has 28 heavy (non-hydrogen) atoms. The molecule has 0 spiro atoms. The first-order valence-corrected chi connectivity index (χ1v) is 9.86. The van der Waals surface area contributed by atoms with Crippen molar-refractivity contribution in [3.05, 3.63) is 64.0 Å². The molecule has 2 aromatic rings. The highest BCUT2D eigenvalue weighted by Crippen LogP contribution is 2.43. The van der Waals surface area contributed by atoms with Gasteiger partial charge in [-0.1, -0.05) is 37.7 Å². The van der Waals surface area contributed by atoms with Crippen LogP contribution in [0.5, 0.6) is 0 Å². The fourth-order valence-corrected chi connectivity index (χ4v) is 3.30. The van der Waals surface area contributed by atoms with E-state index in [2.05, 4.69) is 36.0 Å². The van der Waals surface area contributed by atoms with E-state index in [9.17, 15) is 8.78 Å². The molecule has 5 heteroatoms. The molecule has 1 nitrogen and oxygen atoms in total. The summed E-state index contributed by atoms with van der Waals surface area (Å²) in [6.45, 7) is 2.12. The number of unbranched alkanes of at least 4 members (excludes halogenated alkanes) is 2. The number of halogens is 3. The SMILES string of the molecule is CCCCCc1ccc(C#Cc2cc(F)c(N=C=S)c(F)c2)c(C2CC2)c1F.